The topological polar surface area (TPSA) is 55.5 Å². The third kappa shape index (κ3) is 2.47. The molecule has 4 heteroatoms. The Morgan fingerprint density at radius 1 is 1.50 bits per heavy atom. The molecule has 78 valence electrons. The first-order valence-corrected chi connectivity index (χ1v) is 5.18. The number of rotatable bonds is 3. The fourth-order valence-corrected chi connectivity index (χ4v) is 2.12. The highest BCUT2D eigenvalue weighted by atomic mass is 79.9. The van der Waals surface area contributed by atoms with Crippen molar-refractivity contribution in [3.8, 4) is 5.75 Å². The van der Waals surface area contributed by atoms with Crippen LogP contribution in [0.4, 0.5) is 0 Å². The molecule has 0 aromatic heterocycles. The number of nitrogens with two attached hydrogens (primary N) is 1. The van der Waals surface area contributed by atoms with E-state index >= 15 is 0 Å². The highest BCUT2D eigenvalue weighted by Crippen LogP contribution is 2.31. The first-order chi connectivity index (χ1) is 6.56. The monoisotopic (exact) mass is 259 g/mol. The molecule has 0 amide bonds. The molecule has 0 aliphatic rings. The summed E-state index contributed by atoms with van der Waals surface area (Å²) in [6, 6.07) is 3.57. The molecule has 0 fully saturated rings. The van der Waals surface area contributed by atoms with Crippen LogP contribution in [0.1, 0.15) is 30.9 Å². The van der Waals surface area contributed by atoms with Gasteiger partial charge >= 0.3 is 0 Å². The van der Waals surface area contributed by atoms with Crippen LogP contribution in [0.15, 0.2) is 16.6 Å². The Labute approximate surface area is 92.0 Å². The van der Waals surface area contributed by atoms with E-state index in [0.717, 1.165) is 10.0 Å². The van der Waals surface area contributed by atoms with Crippen molar-refractivity contribution in [2.45, 2.75) is 26.4 Å². The van der Waals surface area contributed by atoms with Crippen molar-refractivity contribution in [2.24, 2.45) is 5.90 Å². The smallest absolute Gasteiger partial charge is 0.121 e. The van der Waals surface area contributed by atoms with Gasteiger partial charge in [0.1, 0.15) is 5.75 Å². The van der Waals surface area contributed by atoms with Crippen molar-refractivity contribution in [3.63, 3.8) is 0 Å². The highest BCUT2D eigenvalue weighted by Gasteiger charge is 2.10. The average molecular weight is 260 g/mol. The summed E-state index contributed by atoms with van der Waals surface area (Å²) in [5.74, 6) is 5.54. The third-order valence-corrected chi connectivity index (χ3v) is 2.75. The molecular formula is C10H14BrNO2. The van der Waals surface area contributed by atoms with Crippen LogP contribution < -0.4 is 5.90 Å². The van der Waals surface area contributed by atoms with Crippen molar-refractivity contribution < 1.29 is 9.94 Å². The minimum absolute atomic E-state index is 0.211. The van der Waals surface area contributed by atoms with Gasteiger partial charge in [-0.3, -0.25) is 4.84 Å². The van der Waals surface area contributed by atoms with E-state index < -0.39 is 0 Å². The minimum Gasteiger partial charge on any atom is -0.508 e. The molecule has 0 bridgehead atoms. The van der Waals surface area contributed by atoms with Crippen molar-refractivity contribution in [1.82, 2.24) is 0 Å². The normalized spacial score (nSPS) is 10.9. The van der Waals surface area contributed by atoms with Crippen LogP contribution in [0.2, 0.25) is 0 Å². The van der Waals surface area contributed by atoms with Crippen LogP contribution in [0.25, 0.3) is 0 Å². The molecule has 0 saturated carbocycles. The molecule has 1 rings (SSSR count). The lowest BCUT2D eigenvalue weighted by Crippen LogP contribution is -2.00. The van der Waals surface area contributed by atoms with Gasteiger partial charge in [0.25, 0.3) is 0 Å². The highest BCUT2D eigenvalue weighted by molar-refractivity contribution is 9.10. The van der Waals surface area contributed by atoms with Gasteiger partial charge in [-0.2, -0.15) is 0 Å². The summed E-state index contributed by atoms with van der Waals surface area (Å²) in [6.45, 7) is 4.35. The molecule has 1 aromatic carbocycles. The van der Waals surface area contributed by atoms with Gasteiger partial charge < -0.3 is 5.11 Å². The molecule has 0 saturated heterocycles. The molecule has 0 heterocycles. The van der Waals surface area contributed by atoms with Crippen LogP contribution in [0.5, 0.6) is 5.75 Å². The van der Waals surface area contributed by atoms with E-state index in [-0.39, 0.29) is 12.4 Å². The van der Waals surface area contributed by atoms with Crippen LogP contribution in [0, 0.1) is 0 Å². The SMILES string of the molecule is CC(C)c1cc(O)c(CON)cc1Br. The van der Waals surface area contributed by atoms with Crippen molar-refractivity contribution >= 4 is 15.9 Å². The van der Waals surface area contributed by atoms with Gasteiger partial charge in [0, 0.05) is 10.0 Å². The van der Waals surface area contributed by atoms with E-state index in [1.165, 1.54) is 0 Å². The quantitative estimate of drug-likeness (QED) is 0.821. The number of benzene rings is 1. The molecular weight excluding hydrogens is 246 g/mol. The van der Waals surface area contributed by atoms with E-state index in [0.29, 0.717) is 11.5 Å². The minimum atomic E-state index is 0.211. The van der Waals surface area contributed by atoms with Crippen LogP contribution in [0.3, 0.4) is 0 Å². The Balaban J connectivity index is 3.10. The lowest BCUT2D eigenvalue weighted by atomic mass is 10.0. The molecule has 0 radical (unpaired) electrons. The first kappa shape index (κ1) is 11.5. The van der Waals surface area contributed by atoms with Crippen LogP contribution in [-0.2, 0) is 11.4 Å². The molecule has 0 unspecified atom stereocenters. The molecule has 0 aliphatic carbocycles. The number of hydrogen-bond donors (Lipinski definition) is 2. The van der Waals surface area contributed by atoms with E-state index in [9.17, 15) is 5.11 Å². The maximum atomic E-state index is 9.64. The number of hydrogen-bond acceptors (Lipinski definition) is 3. The first-order valence-electron chi connectivity index (χ1n) is 4.39. The van der Waals surface area contributed by atoms with Gasteiger partial charge in [-0.15, -0.1) is 0 Å². The fourth-order valence-electron chi connectivity index (χ4n) is 1.27. The lowest BCUT2D eigenvalue weighted by molar-refractivity contribution is 0.122. The Morgan fingerprint density at radius 3 is 2.64 bits per heavy atom. The van der Waals surface area contributed by atoms with E-state index in [4.69, 9.17) is 5.90 Å². The second-order valence-electron chi connectivity index (χ2n) is 3.47. The maximum absolute atomic E-state index is 9.64. The summed E-state index contributed by atoms with van der Waals surface area (Å²) in [7, 11) is 0. The maximum Gasteiger partial charge on any atom is 0.121 e. The molecule has 0 aliphatic heterocycles. The Morgan fingerprint density at radius 2 is 2.14 bits per heavy atom. The van der Waals surface area contributed by atoms with Gasteiger partial charge in [-0.1, -0.05) is 29.8 Å². The van der Waals surface area contributed by atoms with Crippen molar-refractivity contribution in [3.05, 3.63) is 27.7 Å². The molecule has 0 spiro atoms. The Hall–Kier alpha value is -0.580. The lowest BCUT2D eigenvalue weighted by Gasteiger charge is -2.11. The Bertz CT molecular complexity index is 326. The zero-order chi connectivity index (χ0) is 10.7. The third-order valence-electron chi connectivity index (χ3n) is 2.06. The zero-order valence-electron chi connectivity index (χ0n) is 8.25. The van der Waals surface area contributed by atoms with E-state index in [1.807, 2.05) is 6.07 Å². The van der Waals surface area contributed by atoms with Crippen molar-refractivity contribution in [1.29, 1.82) is 0 Å². The zero-order valence-corrected chi connectivity index (χ0v) is 9.84. The second-order valence-corrected chi connectivity index (χ2v) is 4.32. The molecule has 0 atom stereocenters. The van der Waals surface area contributed by atoms with Gasteiger partial charge in [0.05, 0.1) is 6.61 Å². The predicted octanol–water partition coefficient (Wildman–Crippen LogP) is 2.67. The summed E-state index contributed by atoms with van der Waals surface area (Å²) in [5.41, 5.74) is 1.76. The summed E-state index contributed by atoms with van der Waals surface area (Å²) >= 11 is 3.44. The van der Waals surface area contributed by atoms with E-state index in [1.54, 1.807) is 6.07 Å². The molecule has 3 N–H and O–H groups in total. The fraction of sp³-hybridized carbons (Fsp3) is 0.400. The molecule has 14 heavy (non-hydrogen) atoms. The van der Waals surface area contributed by atoms with E-state index in [2.05, 4.69) is 34.6 Å². The molecule has 1 aromatic rings. The Kier molecular flexibility index (Phi) is 3.92. The number of aromatic hydroxyl groups is 1. The standard InChI is InChI=1S/C10H14BrNO2/c1-6(2)8-4-10(13)7(5-14-12)3-9(8)11/h3-4,6,13H,5,12H2,1-2H3. The van der Waals surface area contributed by atoms with Gasteiger partial charge in [-0.25, -0.2) is 5.90 Å². The summed E-state index contributed by atoms with van der Waals surface area (Å²) in [6.07, 6.45) is 0. The molecule has 3 nitrogen and oxygen atoms in total. The van der Waals surface area contributed by atoms with Gasteiger partial charge in [0.2, 0.25) is 0 Å². The summed E-state index contributed by atoms with van der Waals surface area (Å²) < 4.78 is 0.970. The number of halogens is 1. The summed E-state index contributed by atoms with van der Waals surface area (Å²) in [5, 5.41) is 9.64. The largest absolute Gasteiger partial charge is 0.508 e. The van der Waals surface area contributed by atoms with Crippen LogP contribution >= 0.6 is 15.9 Å². The second kappa shape index (κ2) is 4.77. The van der Waals surface area contributed by atoms with Crippen molar-refractivity contribution in [2.75, 3.05) is 0 Å². The van der Waals surface area contributed by atoms with Crippen LogP contribution in [-0.4, -0.2) is 5.11 Å². The average Bonchev–Trinajstić information content (AvgIpc) is 2.10. The summed E-state index contributed by atoms with van der Waals surface area (Å²) in [4.78, 5) is 4.48. The van der Waals surface area contributed by atoms with Gasteiger partial charge in [-0.05, 0) is 23.6 Å². The van der Waals surface area contributed by atoms with Gasteiger partial charge in [0.15, 0.2) is 0 Å². The number of phenolic OH excluding ortho intramolecular Hbond substituents is 1. The number of phenols is 1. The predicted molar refractivity (Wildman–Crippen MR) is 58.9 cm³/mol.